The first-order chi connectivity index (χ1) is 6.07. The van der Waals surface area contributed by atoms with Crippen molar-refractivity contribution in [3.05, 3.63) is 24.0 Å². The van der Waals surface area contributed by atoms with Gasteiger partial charge in [0.05, 0.1) is 12.4 Å². The highest BCUT2D eigenvalue weighted by Gasteiger charge is 2.02. The molecule has 3 nitrogen and oxygen atoms in total. The van der Waals surface area contributed by atoms with Crippen LogP contribution in [0.5, 0.6) is 0 Å². The van der Waals surface area contributed by atoms with Gasteiger partial charge in [-0.1, -0.05) is 13.5 Å². The zero-order chi connectivity index (χ0) is 10.3. The number of rotatable bonds is 5. The van der Waals surface area contributed by atoms with E-state index in [2.05, 4.69) is 6.58 Å². The van der Waals surface area contributed by atoms with Crippen LogP contribution in [0.2, 0.25) is 0 Å². The minimum Gasteiger partial charge on any atom is -0.513 e. The van der Waals surface area contributed by atoms with E-state index >= 15 is 0 Å². The molecule has 3 heteroatoms. The molecule has 0 heterocycles. The average molecular weight is 184 g/mol. The Morgan fingerprint density at radius 2 is 2.23 bits per heavy atom. The number of aliphatic hydroxyl groups excluding tert-OH is 1. The van der Waals surface area contributed by atoms with E-state index in [1.165, 1.54) is 0 Å². The zero-order valence-corrected chi connectivity index (χ0v) is 8.17. The maximum absolute atomic E-state index is 10.9. The van der Waals surface area contributed by atoms with Gasteiger partial charge in [-0.15, -0.1) is 0 Å². The van der Waals surface area contributed by atoms with Crippen LogP contribution in [0.1, 0.15) is 26.7 Å². The van der Waals surface area contributed by atoms with Gasteiger partial charge in [0.15, 0.2) is 0 Å². The van der Waals surface area contributed by atoms with Crippen LogP contribution in [0.15, 0.2) is 24.0 Å². The molecule has 0 atom stereocenters. The summed E-state index contributed by atoms with van der Waals surface area (Å²) < 4.78 is 4.78. The Morgan fingerprint density at radius 1 is 1.62 bits per heavy atom. The summed E-state index contributed by atoms with van der Waals surface area (Å²) in [6.45, 7) is 7.15. The van der Waals surface area contributed by atoms with Gasteiger partial charge in [-0.2, -0.15) is 0 Å². The number of aliphatic hydroxyl groups is 1. The lowest BCUT2D eigenvalue weighted by atomic mass is 10.3. The standard InChI is InChI=1S/C10H16O3/c1-4-5-9(11)6-7-13-10(12)8(2)3/h5,11H,2,4,6-7H2,1,3H3. The van der Waals surface area contributed by atoms with Crippen LogP contribution in [-0.4, -0.2) is 17.7 Å². The number of hydrogen-bond donors (Lipinski definition) is 1. The molecule has 0 radical (unpaired) electrons. The van der Waals surface area contributed by atoms with Gasteiger partial charge < -0.3 is 9.84 Å². The van der Waals surface area contributed by atoms with Crippen molar-refractivity contribution in [1.29, 1.82) is 0 Å². The fraction of sp³-hybridized carbons (Fsp3) is 0.500. The van der Waals surface area contributed by atoms with Crippen LogP contribution in [-0.2, 0) is 9.53 Å². The average Bonchev–Trinajstić information content (AvgIpc) is 2.04. The van der Waals surface area contributed by atoms with Crippen molar-refractivity contribution in [1.82, 2.24) is 0 Å². The molecule has 0 amide bonds. The molecule has 0 aliphatic rings. The highest BCUT2D eigenvalue weighted by Crippen LogP contribution is 2.00. The van der Waals surface area contributed by atoms with Crippen molar-refractivity contribution < 1.29 is 14.6 Å². The van der Waals surface area contributed by atoms with Crippen molar-refractivity contribution in [2.24, 2.45) is 0 Å². The molecular weight excluding hydrogens is 168 g/mol. The Kier molecular flexibility index (Phi) is 5.68. The fourth-order valence-corrected chi connectivity index (χ4v) is 0.709. The summed E-state index contributed by atoms with van der Waals surface area (Å²) >= 11 is 0. The third-order valence-electron chi connectivity index (χ3n) is 1.38. The lowest BCUT2D eigenvalue weighted by Crippen LogP contribution is -2.06. The van der Waals surface area contributed by atoms with Crippen LogP contribution in [0, 0.1) is 0 Å². The fourth-order valence-electron chi connectivity index (χ4n) is 0.709. The minimum absolute atomic E-state index is 0.202. The topological polar surface area (TPSA) is 46.5 Å². The highest BCUT2D eigenvalue weighted by atomic mass is 16.5. The van der Waals surface area contributed by atoms with E-state index in [0.29, 0.717) is 12.0 Å². The number of hydrogen-bond acceptors (Lipinski definition) is 3. The number of allylic oxidation sites excluding steroid dienone is 1. The summed E-state index contributed by atoms with van der Waals surface area (Å²) in [6, 6.07) is 0. The van der Waals surface area contributed by atoms with Gasteiger partial charge in [-0.3, -0.25) is 0 Å². The smallest absolute Gasteiger partial charge is 0.333 e. The normalized spacial score (nSPS) is 11.1. The number of carbonyl (C=O) groups excluding carboxylic acids is 1. The Hall–Kier alpha value is -1.25. The van der Waals surface area contributed by atoms with Crippen LogP contribution in [0.3, 0.4) is 0 Å². The van der Waals surface area contributed by atoms with Crippen molar-refractivity contribution in [3.63, 3.8) is 0 Å². The largest absolute Gasteiger partial charge is 0.513 e. The molecule has 0 aromatic rings. The molecule has 0 aliphatic carbocycles. The zero-order valence-electron chi connectivity index (χ0n) is 8.17. The van der Waals surface area contributed by atoms with Crippen LogP contribution in [0.25, 0.3) is 0 Å². The molecule has 0 fully saturated rings. The van der Waals surface area contributed by atoms with E-state index in [0.717, 1.165) is 6.42 Å². The molecule has 0 spiro atoms. The van der Waals surface area contributed by atoms with E-state index in [9.17, 15) is 4.79 Å². The molecule has 0 aromatic carbocycles. The number of carbonyl (C=O) groups is 1. The summed E-state index contributed by atoms with van der Waals surface area (Å²) in [5, 5.41) is 9.15. The highest BCUT2D eigenvalue weighted by molar-refractivity contribution is 5.86. The van der Waals surface area contributed by atoms with Crippen LogP contribution >= 0.6 is 0 Å². The van der Waals surface area contributed by atoms with Gasteiger partial charge in [0, 0.05) is 12.0 Å². The third kappa shape index (κ3) is 5.96. The van der Waals surface area contributed by atoms with E-state index in [1.807, 2.05) is 6.92 Å². The molecule has 0 saturated carbocycles. The van der Waals surface area contributed by atoms with E-state index in [-0.39, 0.29) is 12.4 Å². The quantitative estimate of drug-likeness (QED) is 0.405. The van der Waals surface area contributed by atoms with Gasteiger partial charge in [0.2, 0.25) is 0 Å². The van der Waals surface area contributed by atoms with Crippen molar-refractivity contribution in [2.45, 2.75) is 26.7 Å². The summed E-state index contributed by atoms with van der Waals surface area (Å²) in [7, 11) is 0. The lowest BCUT2D eigenvalue weighted by molar-refractivity contribution is -0.138. The molecule has 74 valence electrons. The minimum atomic E-state index is -0.413. The van der Waals surface area contributed by atoms with Crippen LogP contribution in [0.4, 0.5) is 0 Å². The summed E-state index contributed by atoms with van der Waals surface area (Å²) in [5.41, 5.74) is 0.374. The Morgan fingerprint density at radius 3 is 2.69 bits per heavy atom. The first-order valence-corrected chi connectivity index (χ1v) is 4.28. The predicted molar refractivity (Wildman–Crippen MR) is 51.4 cm³/mol. The second-order valence-electron chi connectivity index (χ2n) is 2.77. The molecule has 1 N–H and O–H groups in total. The van der Waals surface area contributed by atoms with Gasteiger partial charge >= 0.3 is 5.97 Å². The second kappa shape index (κ2) is 6.29. The SMILES string of the molecule is C=C(C)C(=O)OCCC(O)=CCC. The Bertz CT molecular complexity index is 216. The maximum Gasteiger partial charge on any atom is 0.333 e. The number of ether oxygens (including phenoxy) is 1. The van der Waals surface area contributed by atoms with Gasteiger partial charge in [-0.25, -0.2) is 4.79 Å². The number of esters is 1. The van der Waals surface area contributed by atoms with Gasteiger partial charge in [0.1, 0.15) is 0 Å². The first kappa shape index (κ1) is 11.8. The molecule has 0 aromatic heterocycles. The predicted octanol–water partition coefficient (Wildman–Crippen LogP) is 2.35. The molecule has 0 unspecified atom stereocenters. The van der Waals surface area contributed by atoms with Gasteiger partial charge in [0.25, 0.3) is 0 Å². The Labute approximate surface area is 78.7 Å². The molecule has 0 aliphatic heterocycles. The van der Waals surface area contributed by atoms with E-state index in [1.54, 1.807) is 13.0 Å². The van der Waals surface area contributed by atoms with Crippen molar-refractivity contribution in [3.8, 4) is 0 Å². The van der Waals surface area contributed by atoms with E-state index < -0.39 is 5.97 Å². The van der Waals surface area contributed by atoms with Crippen molar-refractivity contribution in [2.75, 3.05) is 6.61 Å². The third-order valence-corrected chi connectivity index (χ3v) is 1.38. The Balaban J connectivity index is 3.62. The molecule has 0 saturated heterocycles. The van der Waals surface area contributed by atoms with Crippen LogP contribution < -0.4 is 0 Å². The first-order valence-electron chi connectivity index (χ1n) is 4.28. The molecule has 0 rings (SSSR count). The lowest BCUT2D eigenvalue weighted by Gasteiger charge is -2.03. The summed E-state index contributed by atoms with van der Waals surface area (Å²) in [4.78, 5) is 10.9. The molecular formula is C10H16O3. The van der Waals surface area contributed by atoms with Crippen molar-refractivity contribution >= 4 is 5.97 Å². The monoisotopic (exact) mass is 184 g/mol. The molecule has 13 heavy (non-hydrogen) atoms. The summed E-state index contributed by atoms with van der Waals surface area (Å²) in [5.74, 6) is -0.152. The van der Waals surface area contributed by atoms with E-state index in [4.69, 9.17) is 9.84 Å². The molecule has 0 bridgehead atoms. The summed E-state index contributed by atoms with van der Waals surface area (Å²) in [6.07, 6.45) is 2.84. The maximum atomic E-state index is 10.9. The van der Waals surface area contributed by atoms with Gasteiger partial charge in [-0.05, 0) is 19.4 Å². The second-order valence-corrected chi connectivity index (χ2v) is 2.77.